The Morgan fingerprint density at radius 1 is 1.22 bits per heavy atom. The summed E-state index contributed by atoms with van der Waals surface area (Å²) in [5.41, 5.74) is 0.378. The fraction of sp³-hybridized carbons (Fsp3) is 0.0667. The van der Waals surface area contributed by atoms with E-state index in [0.717, 1.165) is 0 Å². The molecule has 1 amide bonds. The molecule has 23 heavy (non-hydrogen) atoms. The number of benzene rings is 2. The Labute approximate surface area is 127 Å². The molecule has 118 valence electrons. The van der Waals surface area contributed by atoms with Gasteiger partial charge in [-0.1, -0.05) is 0 Å². The number of rotatable bonds is 2. The molecule has 0 aliphatic heterocycles. The Bertz CT molecular complexity index is 937. The van der Waals surface area contributed by atoms with E-state index in [4.69, 9.17) is 9.52 Å². The van der Waals surface area contributed by atoms with Gasteiger partial charge in [0.05, 0.1) is 5.56 Å². The molecule has 0 fully saturated rings. The topological polar surface area (TPSA) is 75.4 Å². The van der Waals surface area contributed by atoms with Crippen LogP contribution in [0, 0.1) is 24.4 Å². The van der Waals surface area contributed by atoms with Crippen molar-refractivity contribution in [2.45, 2.75) is 6.92 Å². The number of carbonyl (C=O) groups excluding carboxylic acids is 1. The van der Waals surface area contributed by atoms with Gasteiger partial charge in [-0.15, -0.1) is 0 Å². The molecule has 1 heterocycles. The molecule has 0 aliphatic carbocycles. The summed E-state index contributed by atoms with van der Waals surface area (Å²) in [6.07, 6.45) is 0. The predicted octanol–water partition coefficient (Wildman–Crippen LogP) is 3.51. The minimum Gasteiger partial charge on any atom is -0.503 e. The van der Waals surface area contributed by atoms with Crippen molar-refractivity contribution in [1.29, 1.82) is 0 Å². The molecule has 3 aromatic rings. The van der Waals surface area contributed by atoms with Crippen LogP contribution in [-0.4, -0.2) is 16.0 Å². The number of phenolic OH excluding ortho intramolecular Hbond substituents is 1. The van der Waals surface area contributed by atoms with Crippen LogP contribution in [0.3, 0.4) is 0 Å². The van der Waals surface area contributed by atoms with Crippen LogP contribution < -0.4 is 5.32 Å². The van der Waals surface area contributed by atoms with E-state index < -0.39 is 34.7 Å². The zero-order valence-electron chi connectivity index (χ0n) is 11.7. The highest BCUT2D eigenvalue weighted by atomic mass is 19.2. The second-order valence-electron chi connectivity index (χ2n) is 4.75. The Balaban J connectivity index is 1.94. The van der Waals surface area contributed by atoms with Crippen molar-refractivity contribution in [2.24, 2.45) is 0 Å². The van der Waals surface area contributed by atoms with Gasteiger partial charge in [-0.25, -0.2) is 13.8 Å². The number of oxazole rings is 1. The zero-order chi connectivity index (χ0) is 16.7. The van der Waals surface area contributed by atoms with Crippen LogP contribution in [-0.2, 0) is 0 Å². The van der Waals surface area contributed by atoms with E-state index in [-0.39, 0.29) is 5.69 Å². The number of anilines is 1. The normalized spacial score (nSPS) is 11.0. The van der Waals surface area contributed by atoms with Crippen molar-refractivity contribution in [2.75, 3.05) is 5.32 Å². The molecule has 8 heteroatoms. The molecule has 0 radical (unpaired) electrons. The monoisotopic (exact) mass is 322 g/mol. The minimum absolute atomic E-state index is 0.238. The SMILES string of the molecule is Cc1nc2ccc(NC(=O)c3cc(F)c(F)c(O)c3F)cc2o1. The van der Waals surface area contributed by atoms with E-state index in [1.54, 1.807) is 13.0 Å². The Hall–Kier alpha value is -3.03. The first-order chi connectivity index (χ1) is 10.9. The summed E-state index contributed by atoms with van der Waals surface area (Å²) in [6, 6.07) is 4.88. The number of aromatic hydroxyl groups is 1. The number of nitrogens with zero attached hydrogens (tertiary/aromatic N) is 1. The summed E-state index contributed by atoms with van der Waals surface area (Å²) in [5, 5.41) is 11.4. The summed E-state index contributed by atoms with van der Waals surface area (Å²) >= 11 is 0. The number of nitrogens with one attached hydrogen (secondary N) is 1. The summed E-state index contributed by atoms with van der Waals surface area (Å²) < 4.78 is 45.2. The molecule has 0 aliphatic rings. The van der Waals surface area contributed by atoms with Crippen LogP contribution in [0.25, 0.3) is 11.1 Å². The predicted molar refractivity (Wildman–Crippen MR) is 74.7 cm³/mol. The largest absolute Gasteiger partial charge is 0.503 e. The van der Waals surface area contributed by atoms with Gasteiger partial charge in [-0.2, -0.15) is 4.39 Å². The number of halogens is 3. The van der Waals surface area contributed by atoms with Crippen molar-refractivity contribution in [3.8, 4) is 5.75 Å². The molecule has 0 saturated heterocycles. The zero-order valence-corrected chi connectivity index (χ0v) is 11.7. The van der Waals surface area contributed by atoms with Gasteiger partial charge in [0, 0.05) is 18.7 Å². The quantitative estimate of drug-likeness (QED) is 0.708. The van der Waals surface area contributed by atoms with Gasteiger partial charge in [0.1, 0.15) is 5.52 Å². The lowest BCUT2D eigenvalue weighted by atomic mass is 10.1. The van der Waals surface area contributed by atoms with Crippen LogP contribution in [0.5, 0.6) is 5.75 Å². The average molecular weight is 322 g/mol. The number of fused-ring (bicyclic) bond motifs is 1. The van der Waals surface area contributed by atoms with E-state index >= 15 is 0 Å². The number of phenols is 1. The molecule has 0 unspecified atom stereocenters. The first kappa shape index (κ1) is 14.9. The number of carbonyl (C=O) groups is 1. The van der Waals surface area contributed by atoms with Gasteiger partial charge in [-0.3, -0.25) is 4.79 Å². The highest BCUT2D eigenvalue weighted by Crippen LogP contribution is 2.27. The summed E-state index contributed by atoms with van der Waals surface area (Å²) in [7, 11) is 0. The lowest BCUT2D eigenvalue weighted by molar-refractivity contribution is 0.102. The smallest absolute Gasteiger partial charge is 0.258 e. The van der Waals surface area contributed by atoms with E-state index in [9.17, 15) is 18.0 Å². The summed E-state index contributed by atoms with van der Waals surface area (Å²) in [4.78, 5) is 16.1. The fourth-order valence-electron chi connectivity index (χ4n) is 2.07. The first-order valence-corrected chi connectivity index (χ1v) is 6.42. The molecule has 0 atom stereocenters. The van der Waals surface area contributed by atoms with Gasteiger partial charge < -0.3 is 14.8 Å². The van der Waals surface area contributed by atoms with E-state index in [2.05, 4.69) is 10.3 Å². The van der Waals surface area contributed by atoms with Gasteiger partial charge in [0.25, 0.3) is 5.91 Å². The van der Waals surface area contributed by atoms with E-state index in [0.29, 0.717) is 23.1 Å². The number of aryl methyl sites for hydroxylation is 1. The maximum Gasteiger partial charge on any atom is 0.258 e. The van der Waals surface area contributed by atoms with Crippen molar-refractivity contribution in [1.82, 2.24) is 4.98 Å². The van der Waals surface area contributed by atoms with Crippen LogP contribution in [0.2, 0.25) is 0 Å². The molecule has 0 spiro atoms. The van der Waals surface area contributed by atoms with Crippen LogP contribution in [0.4, 0.5) is 18.9 Å². The molecular formula is C15H9F3N2O3. The highest BCUT2D eigenvalue weighted by molar-refractivity contribution is 6.05. The maximum absolute atomic E-state index is 13.7. The van der Waals surface area contributed by atoms with Crippen LogP contribution in [0.15, 0.2) is 28.7 Å². The molecular weight excluding hydrogens is 313 g/mol. The van der Waals surface area contributed by atoms with Crippen molar-refractivity contribution >= 4 is 22.7 Å². The Kier molecular flexibility index (Phi) is 3.44. The molecule has 0 bridgehead atoms. The molecule has 3 rings (SSSR count). The molecule has 2 N–H and O–H groups in total. The third-order valence-corrected chi connectivity index (χ3v) is 3.13. The molecule has 5 nitrogen and oxygen atoms in total. The van der Waals surface area contributed by atoms with E-state index in [1.807, 2.05) is 0 Å². The second-order valence-corrected chi connectivity index (χ2v) is 4.75. The number of aromatic nitrogens is 1. The van der Waals surface area contributed by atoms with Gasteiger partial charge >= 0.3 is 0 Å². The van der Waals surface area contributed by atoms with Crippen LogP contribution >= 0.6 is 0 Å². The third-order valence-electron chi connectivity index (χ3n) is 3.13. The van der Waals surface area contributed by atoms with Gasteiger partial charge in [0.15, 0.2) is 28.9 Å². The van der Waals surface area contributed by atoms with Crippen LogP contribution in [0.1, 0.15) is 16.2 Å². The highest BCUT2D eigenvalue weighted by Gasteiger charge is 2.22. The fourth-order valence-corrected chi connectivity index (χ4v) is 2.07. The minimum atomic E-state index is -1.75. The second kappa shape index (κ2) is 5.31. The third kappa shape index (κ3) is 2.59. The standard InChI is InChI=1S/C15H9F3N2O3/c1-6-19-10-3-2-7(4-11(10)23-6)20-15(22)8-5-9(16)13(18)14(21)12(8)17/h2-5,21H,1H3,(H,20,22). The van der Waals surface area contributed by atoms with E-state index in [1.165, 1.54) is 12.1 Å². The average Bonchev–Trinajstić information content (AvgIpc) is 2.88. The van der Waals surface area contributed by atoms with Crippen molar-refractivity contribution < 1.29 is 27.5 Å². The lowest BCUT2D eigenvalue weighted by Crippen LogP contribution is -2.15. The summed E-state index contributed by atoms with van der Waals surface area (Å²) in [5.74, 6) is -6.99. The molecule has 2 aromatic carbocycles. The number of hydrogen-bond donors (Lipinski definition) is 2. The first-order valence-electron chi connectivity index (χ1n) is 6.42. The molecule has 0 saturated carbocycles. The molecule has 1 aromatic heterocycles. The van der Waals surface area contributed by atoms with Crippen molar-refractivity contribution in [3.05, 3.63) is 53.2 Å². The maximum atomic E-state index is 13.7. The lowest BCUT2D eigenvalue weighted by Gasteiger charge is -2.08. The number of amides is 1. The Morgan fingerprint density at radius 2 is 1.96 bits per heavy atom. The van der Waals surface area contributed by atoms with Gasteiger partial charge in [-0.05, 0) is 18.2 Å². The Morgan fingerprint density at radius 3 is 2.70 bits per heavy atom. The van der Waals surface area contributed by atoms with Gasteiger partial charge in [0.2, 0.25) is 5.82 Å². The summed E-state index contributed by atoms with van der Waals surface area (Å²) in [6.45, 7) is 1.65. The number of hydrogen-bond acceptors (Lipinski definition) is 4. The van der Waals surface area contributed by atoms with Crippen molar-refractivity contribution in [3.63, 3.8) is 0 Å².